The number of aromatic amines is 1. The predicted molar refractivity (Wildman–Crippen MR) is 133 cm³/mol. The molecule has 3 atom stereocenters. The molecule has 0 spiro atoms. The van der Waals surface area contributed by atoms with E-state index in [1.807, 2.05) is 0 Å². The number of rotatable bonds is 6. The number of carbonyl (C=O) groups is 4. The molecule has 2 fully saturated rings. The standard InChI is InChI=1S/C25H23N5O6S.Na/c1-25(2)20(24(35)36)30-22(34)18(23(30)37-25)29-16(31)10-12-5-7-13(8-6-12)28-21(33)14-11-27-15-4-3-9-26-17(15)19(14)32;/h3-9,11,18,20,23H,10H2,1-2H3,(H,27,32)(H,28,33)(H,29,31)(H,35,36);/q;+1/p-1/t18?,20-,23+;/m0./s1. The number of carboxylic acid groups (broad SMARTS) is 1. The maximum absolute atomic E-state index is 12.6. The van der Waals surface area contributed by atoms with Crippen molar-refractivity contribution in [2.45, 2.75) is 42.5 Å². The normalized spacial score (nSPS) is 21.2. The Bertz CT molecular complexity index is 1510. The van der Waals surface area contributed by atoms with Crippen molar-refractivity contribution in [3.63, 3.8) is 0 Å². The van der Waals surface area contributed by atoms with E-state index in [4.69, 9.17) is 0 Å². The average molecular weight is 544 g/mol. The van der Waals surface area contributed by atoms with E-state index in [0.29, 0.717) is 16.8 Å². The number of aliphatic carboxylic acids is 1. The molecular formula is C25H22N5NaO6S. The molecule has 4 heterocycles. The van der Waals surface area contributed by atoms with Crippen LogP contribution in [-0.4, -0.2) is 60.8 Å². The van der Waals surface area contributed by atoms with E-state index >= 15 is 0 Å². The first-order valence-electron chi connectivity index (χ1n) is 11.4. The van der Waals surface area contributed by atoms with Crippen molar-refractivity contribution in [2.75, 3.05) is 5.32 Å². The fourth-order valence-corrected chi connectivity index (χ4v) is 6.28. The summed E-state index contributed by atoms with van der Waals surface area (Å²) in [5.41, 5.74) is 1.19. The predicted octanol–water partition coefficient (Wildman–Crippen LogP) is -2.98. The Labute approximate surface area is 243 Å². The van der Waals surface area contributed by atoms with E-state index < -0.39 is 45.4 Å². The number of hydrogen-bond acceptors (Lipinski definition) is 8. The minimum Gasteiger partial charge on any atom is -0.548 e. The maximum Gasteiger partial charge on any atom is 1.00 e. The Balaban J connectivity index is 0.00000336. The summed E-state index contributed by atoms with van der Waals surface area (Å²) >= 11 is 1.32. The van der Waals surface area contributed by atoms with Crippen molar-refractivity contribution < 1.29 is 53.8 Å². The number of H-pyrrole nitrogens is 1. The summed E-state index contributed by atoms with van der Waals surface area (Å²) in [6.07, 6.45) is 2.80. The van der Waals surface area contributed by atoms with E-state index in [0.717, 1.165) is 0 Å². The van der Waals surface area contributed by atoms with Crippen LogP contribution in [0.1, 0.15) is 29.8 Å². The molecule has 2 aliphatic heterocycles. The molecule has 13 heteroatoms. The van der Waals surface area contributed by atoms with Crippen molar-refractivity contribution in [1.29, 1.82) is 0 Å². The second kappa shape index (κ2) is 10.5. The zero-order valence-electron chi connectivity index (χ0n) is 20.8. The smallest absolute Gasteiger partial charge is 0.548 e. The monoisotopic (exact) mass is 543 g/mol. The Morgan fingerprint density at radius 1 is 1.16 bits per heavy atom. The molecule has 2 aliphatic rings. The summed E-state index contributed by atoms with van der Waals surface area (Å²) < 4.78 is -0.729. The van der Waals surface area contributed by atoms with Gasteiger partial charge in [0.2, 0.25) is 17.2 Å². The van der Waals surface area contributed by atoms with E-state index in [-0.39, 0.29) is 53.0 Å². The van der Waals surface area contributed by atoms with Gasteiger partial charge in [0.15, 0.2) is 0 Å². The fourth-order valence-electron chi connectivity index (χ4n) is 4.66. The molecule has 0 aliphatic carbocycles. The van der Waals surface area contributed by atoms with Gasteiger partial charge in [0.05, 0.1) is 23.9 Å². The summed E-state index contributed by atoms with van der Waals surface area (Å²) in [5, 5.41) is 16.4. The number of nitrogens with zero attached hydrogens (tertiary/aromatic N) is 2. The number of amides is 3. The van der Waals surface area contributed by atoms with Crippen LogP contribution >= 0.6 is 11.8 Å². The first-order chi connectivity index (χ1) is 17.6. The van der Waals surface area contributed by atoms with E-state index in [9.17, 15) is 29.1 Å². The summed E-state index contributed by atoms with van der Waals surface area (Å²) in [5.74, 6) is -2.74. The number of fused-ring (bicyclic) bond motifs is 2. The third-order valence-corrected chi connectivity index (χ3v) is 8.01. The molecular weight excluding hydrogens is 521 g/mol. The summed E-state index contributed by atoms with van der Waals surface area (Å²) in [6.45, 7) is 3.46. The molecule has 0 radical (unpaired) electrons. The first-order valence-corrected chi connectivity index (χ1v) is 12.3. The van der Waals surface area contributed by atoms with Crippen LogP contribution in [0.3, 0.4) is 0 Å². The van der Waals surface area contributed by atoms with Gasteiger partial charge in [-0.25, -0.2) is 0 Å². The SMILES string of the molecule is CC1(C)S[C@@H]2C(NC(=O)Cc3ccc(NC(=O)c4c[nH]c5cccnc5c4=O)cc3)C(=O)N2[C@H]1C(=O)[O-].[Na+]. The zero-order chi connectivity index (χ0) is 26.5. The number of nitrogens with one attached hydrogen (secondary N) is 3. The Kier molecular flexibility index (Phi) is 7.71. The summed E-state index contributed by atoms with van der Waals surface area (Å²) in [6, 6.07) is 8.02. The van der Waals surface area contributed by atoms with Gasteiger partial charge in [0.25, 0.3) is 5.91 Å². The molecule has 2 saturated heterocycles. The van der Waals surface area contributed by atoms with Crippen molar-refractivity contribution in [1.82, 2.24) is 20.2 Å². The van der Waals surface area contributed by atoms with E-state index in [2.05, 4.69) is 20.6 Å². The Hall–Kier alpha value is -3.19. The third-order valence-electron chi connectivity index (χ3n) is 6.44. The van der Waals surface area contributed by atoms with Gasteiger partial charge in [-0.1, -0.05) is 12.1 Å². The van der Waals surface area contributed by atoms with Gasteiger partial charge in [-0.2, -0.15) is 0 Å². The Morgan fingerprint density at radius 2 is 1.87 bits per heavy atom. The van der Waals surface area contributed by atoms with Crippen LogP contribution in [0.2, 0.25) is 0 Å². The molecule has 1 unspecified atom stereocenters. The molecule has 1 aromatic carbocycles. The molecule has 3 N–H and O–H groups in total. The van der Waals surface area contributed by atoms with Gasteiger partial charge in [0, 0.05) is 22.8 Å². The third kappa shape index (κ3) is 4.96. The molecule has 190 valence electrons. The molecule has 0 bridgehead atoms. The van der Waals surface area contributed by atoms with Gasteiger partial charge < -0.3 is 30.4 Å². The average Bonchev–Trinajstić information content (AvgIpc) is 3.12. The van der Waals surface area contributed by atoms with Crippen molar-refractivity contribution in [2.24, 2.45) is 0 Å². The van der Waals surface area contributed by atoms with Crippen LogP contribution in [-0.2, 0) is 20.8 Å². The van der Waals surface area contributed by atoms with Gasteiger partial charge in [0.1, 0.15) is 22.5 Å². The quantitative estimate of drug-likeness (QED) is 0.219. The number of anilines is 1. The van der Waals surface area contributed by atoms with Crippen LogP contribution in [0.5, 0.6) is 0 Å². The topological polar surface area (TPSA) is 164 Å². The van der Waals surface area contributed by atoms with Gasteiger partial charge in [-0.3, -0.25) is 24.2 Å². The molecule has 38 heavy (non-hydrogen) atoms. The molecule has 3 aromatic rings. The number of β-lactam (4-membered cyclic amide) rings is 1. The summed E-state index contributed by atoms with van der Waals surface area (Å²) in [7, 11) is 0. The molecule has 5 rings (SSSR count). The Morgan fingerprint density at radius 3 is 2.55 bits per heavy atom. The van der Waals surface area contributed by atoms with Crippen LogP contribution in [0, 0.1) is 0 Å². The second-order valence-corrected chi connectivity index (χ2v) is 11.2. The van der Waals surface area contributed by atoms with Gasteiger partial charge in [-0.05, 0) is 43.7 Å². The second-order valence-electron chi connectivity index (χ2n) is 9.38. The summed E-state index contributed by atoms with van der Waals surface area (Å²) in [4.78, 5) is 70.0. The van der Waals surface area contributed by atoms with Crippen LogP contribution in [0.4, 0.5) is 5.69 Å². The van der Waals surface area contributed by atoms with Crippen molar-refractivity contribution in [3.8, 4) is 0 Å². The van der Waals surface area contributed by atoms with Crippen LogP contribution in [0.25, 0.3) is 11.0 Å². The largest absolute Gasteiger partial charge is 1.00 e. The number of pyridine rings is 2. The number of thioether (sulfide) groups is 1. The number of carboxylic acids is 1. The van der Waals surface area contributed by atoms with E-state index in [1.165, 1.54) is 29.1 Å². The minimum atomic E-state index is -1.31. The number of aromatic nitrogens is 2. The molecule has 11 nitrogen and oxygen atoms in total. The molecule has 0 saturated carbocycles. The van der Waals surface area contributed by atoms with Gasteiger partial charge in [-0.15, -0.1) is 11.8 Å². The zero-order valence-corrected chi connectivity index (χ0v) is 23.6. The van der Waals surface area contributed by atoms with Crippen molar-refractivity contribution >= 4 is 52.2 Å². The number of carbonyl (C=O) groups excluding carboxylic acids is 4. The molecule has 2 aromatic heterocycles. The maximum atomic E-state index is 12.6. The first kappa shape index (κ1) is 27.8. The van der Waals surface area contributed by atoms with Crippen LogP contribution in [0.15, 0.2) is 53.6 Å². The van der Waals surface area contributed by atoms with E-state index in [1.54, 1.807) is 50.2 Å². The van der Waals surface area contributed by atoms with Crippen LogP contribution < -0.4 is 50.7 Å². The van der Waals surface area contributed by atoms with Gasteiger partial charge >= 0.3 is 29.6 Å². The minimum absolute atomic E-state index is 0. The van der Waals surface area contributed by atoms with Crippen molar-refractivity contribution in [3.05, 3.63) is 70.1 Å². The number of hydrogen-bond donors (Lipinski definition) is 3. The number of benzene rings is 1. The fraction of sp³-hybridized carbons (Fsp3) is 0.280. The molecule has 3 amide bonds.